The molecule has 0 spiro atoms. The van der Waals surface area contributed by atoms with Gasteiger partial charge in [-0.1, -0.05) is 0 Å². The Morgan fingerprint density at radius 2 is 1.89 bits per heavy atom. The van der Waals surface area contributed by atoms with E-state index < -0.39 is 11.2 Å². The Hall–Kier alpha value is -2.94. The van der Waals surface area contributed by atoms with Gasteiger partial charge in [-0.25, -0.2) is 9.78 Å². The van der Waals surface area contributed by atoms with Crippen molar-refractivity contribution in [2.45, 2.75) is 26.9 Å². The summed E-state index contributed by atoms with van der Waals surface area (Å²) in [6.07, 6.45) is 1.42. The van der Waals surface area contributed by atoms with Crippen molar-refractivity contribution in [2.24, 2.45) is 14.1 Å². The van der Waals surface area contributed by atoms with Gasteiger partial charge in [0.15, 0.2) is 16.9 Å². The summed E-state index contributed by atoms with van der Waals surface area (Å²) < 4.78 is 11.0. The molecule has 0 amide bonds. The third-order valence-corrected chi connectivity index (χ3v) is 4.92. The average Bonchev–Trinajstić information content (AvgIpc) is 3.18. The maximum absolute atomic E-state index is 12.9. The van der Waals surface area contributed by atoms with Gasteiger partial charge < -0.3 is 13.9 Å². The summed E-state index contributed by atoms with van der Waals surface area (Å²) in [5.74, 6) is -0.123. The number of nitrogens with zero attached hydrogens (tertiary/aromatic N) is 5. The number of Topliss-reactive ketones (excluding diaryl/α,β-unsaturated/α-hetero) is 1. The fourth-order valence-corrected chi connectivity index (χ4v) is 3.37. The van der Waals surface area contributed by atoms with Crippen molar-refractivity contribution in [3.05, 3.63) is 50.2 Å². The molecular weight excluding hydrogens is 350 g/mol. The predicted molar refractivity (Wildman–Crippen MR) is 100 cm³/mol. The van der Waals surface area contributed by atoms with E-state index in [0.717, 1.165) is 16.0 Å². The van der Waals surface area contributed by atoms with Crippen LogP contribution in [0, 0.1) is 13.8 Å². The molecule has 0 fully saturated rings. The lowest BCUT2D eigenvalue weighted by Gasteiger charge is -2.09. The second kappa shape index (κ2) is 6.99. The second-order valence-corrected chi connectivity index (χ2v) is 6.60. The number of rotatable bonds is 6. The van der Waals surface area contributed by atoms with E-state index in [4.69, 9.17) is 4.74 Å². The molecular formula is C18H23N5O4. The first-order valence-corrected chi connectivity index (χ1v) is 8.57. The number of aryl methyl sites for hydroxylation is 2. The zero-order valence-corrected chi connectivity index (χ0v) is 16.1. The minimum absolute atomic E-state index is 0.0293. The number of carbonyl (C=O) groups is 1. The molecule has 0 saturated heterocycles. The number of fused-ring (bicyclic) bond motifs is 1. The number of aromatic nitrogens is 5. The summed E-state index contributed by atoms with van der Waals surface area (Å²) in [5, 5.41) is 0. The lowest BCUT2D eigenvalue weighted by atomic mass is 10.1. The lowest BCUT2D eigenvalue weighted by molar-refractivity contribution is 0.0972. The molecule has 144 valence electrons. The van der Waals surface area contributed by atoms with Crippen LogP contribution in [-0.2, 0) is 31.9 Å². The van der Waals surface area contributed by atoms with Crippen LogP contribution in [0.1, 0.15) is 21.7 Å². The first kappa shape index (κ1) is 18.8. The number of carbonyl (C=O) groups excluding carboxylic acids is 1. The molecule has 0 bridgehead atoms. The average molecular weight is 373 g/mol. The van der Waals surface area contributed by atoms with Crippen molar-refractivity contribution in [1.82, 2.24) is 23.3 Å². The smallest absolute Gasteiger partial charge is 0.332 e. The van der Waals surface area contributed by atoms with Crippen LogP contribution in [0.2, 0.25) is 0 Å². The highest BCUT2D eigenvalue weighted by Crippen LogP contribution is 2.17. The maximum atomic E-state index is 12.9. The van der Waals surface area contributed by atoms with E-state index in [9.17, 15) is 14.4 Å². The van der Waals surface area contributed by atoms with Crippen LogP contribution >= 0.6 is 0 Å². The molecule has 3 aromatic heterocycles. The molecule has 9 heteroatoms. The quantitative estimate of drug-likeness (QED) is 0.583. The summed E-state index contributed by atoms with van der Waals surface area (Å²) in [7, 11) is 4.59. The number of ether oxygens (including phenoxy) is 1. The second-order valence-electron chi connectivity index (χ2n) is 6.60. The number of methoxy groups -OCH3 is 1. The van der Waals surface area contributed by atoms with Crippen molar-refractivity contribution in [3.63, 3.8) is 0 Å². The Morgan fingerprint density at radius 3 is 2.56 bits per heavy atom. The Balaban J connectivity index is 2.01. The first-order valence-electron chi connectivity index (χ1n) is 8.57. The zero-order valence-electron chi connectivity index (χ0n) is 16.1. The minimum Gasteiger partial charge on any atom is -0.383 e. The van der Waals surface area contributed by atoms with E-state index in [1.165, 1.54) is 22.5 Å². The van der Waals surface area contributed by atoms with Crippen molar-refractivity contribution >= 4 is 16.9 Å². The van der Waals surface area contributed by atoms with Gasteiger partial charge in [0.05, 0.1) is 19.5 Å². The van der Waals surface area contributed by atoms with Gasteiger partial charge in [-0.3, -0.25) is 18.7 Å². The fraction of sp³-hybridized carbons (Fsp3) is 0.444. The first-order chi connectivity index (χ1) is 12.8. The van der Waals surface area contributed by atoms with Gasteiger partial charge in [0.25, 0.3) is 5.56 Å². The molecule has 27 heavy (non-hydrogen) atoms. The maximum Gasteiger partial charge on any atom is 0.332 e. The molecule has 0 saturated carbocycles. The van der Waals surface area contributed by atoms with E-state index in [1.54, 1.807) is 14.2 Å². The molecule has 0 aliphatic rings. The Bertz CT molecular complexity index is 1150. The molecule has 0 radical (unpaired) electrons. The normalized spacial score (nSPS) is 11.4. The topological polar surface area (TPSA) is 93.1 Å². The molecule has 0 aliphatic carbocycles. The SMILES string of the molecule is COCCn1c(C)cc(C(=O)Cn2cnc3c2c(=O)n(C)c(=O)n3C)c1C. The Kier molecular flexibility index (Phi) is 4.88. The van der Waals surface area contributed by atoms with E-state index in [0.29, 0.717) is 18.7 Å². The summed E-state index contributed by atoms with van der Waals surface area (Å²) in [4.78, 5) is 41.6. The molecule has 9 nitrogen and oxygen atoms in total. The van der Waals surface area contributed by atoms with Gasteiger partial charge in [0, 0.05) is 44.7 Å². The van der Waals surface area contributed by atoms with Crippen LogP contribution < -0.4 is 11.2 Å². The van der Waals surface area contributed by atoms with Crippen LogP contribution in [-0.4, -0.2) is 42.8 Å². The van der Waals surface area contributed by atoms with Gasteiger partial charge >= 0.3 is 5.69 Å². The summed E-state index contributed by atoms with van der Waals surface area (Å²) in [5.41, 5.74) is 2.02. The van der Waals surface area contributed by atoms with E-state index in [1.807, 2.05) is 24.5 Å². The zero-order chi connectivity index (χ0) is 19.9. The standard InChI is InChI=1S/C18H23N5O4/c1-11-8-13(12(2)23(11)6-7-27-5)14(24)9-22-10-19-16-15(22)17(25)21(4)18(26)20(16)3/h8,10H,6-7,9H2,1-5H3. The van der Waals surface area contributed by atoms with Crippen molar-refractivity contribution in [1.29, 1.82) is 0 Å². The molecule has 3 heterocycles. The molecule has 3 aromatic rings. The van der Waals surface area contributed by atoms with Gasteiger partial charge in [0.2, 0.25) is 0 Å². The lowest BCUT2D eigenvalue weighted by Crippen LogP contribution is -2.37. The minimum atomic E-state index is -0.469. The Morgan fingerprint density at radius 1 is 1.19 bits per heavy atom. The van der Waals surface area contributed by atoms with Crippen LogP contribution in [0.5, 0.6) is 0 Å². The molecule has 0 unspecified atom stereocenters. The number of ketones is 1. The highest BCUT2D eigenvalue weighted by atomic mass is 16.5. The predicted octanol–water partition coefficient (Wildman–Crippen LogP) is 0.381. The van der Waals surface area contributed by atoms with Crippen molar-refractivity contribution < 1.29 is 9.53 Å². The molecule has 0 atom stereocenters. The van der Waals surface area contributed by atoms with E-state index in [-0.39, 0.29) is 23.5 Å². The van der Waals surface area contributed by atoms with Gasteiger partial charge in [-0.15, -0.1) is 0 Å². The number of hydrogen-bond acceptors (Lipinski definition) is 5. The third-order valence-electron chi connectivity index (χ3n) is 4.92. The van der Waals surface area contributed by atoms with Gasteiger partial charge in [0.1, 0.15) is 0 Å². The summed E-state index contributed by atoms with van der Waals surface area (Å²) in [6.45, 7) is 5.03. The van der Waals surface area contributed by atoms with Gasteiger partial charge in [-0.2, -0.15) is 0 Å². The fourth-order valence-electron chi connectivity index (χ4n) is 3.37. The van der Waals surface area contributed by atoms with E-state index in [2.05, 4.69) is 4.98 Å². The summed E-state index contributed by atoms with van der Waals surface area (Å²) in [6, 6.07) is 1.85. The Labute approximate surface area is 155 Å². The highest BCUT2D eigenvalue weighted by Gasteiger charge is 2.19. The largest absolute Gasteiger partial charge is 0.383 e. The number of imidazole rings is 1. The number of hydrogen-bond donors (Lipinski definition) is 0. The van der Waals surface area contributed by atoms with Gasteiger partial charge in [-0.05, 0) is 19.9 Å². The van der Waals surface area contributed by atoms with Crippen LogP contribution in [0.25, 0.3) is 11.2 Å². The third kappa shape index (κ3) is 3.03. The van der Waals surface area contributed by atoms with Crippen LogP contribution in [0.4, 0.5) is 0 Å². The molecule has 3 rings (SSSR count). The van der Waals surface area contributed by atoms with Crippen LogP contribution in [0.15, 0.2) is 22.0 Å². The molecule has 0 aromatic carbocycles. The van der Waals surface area contributed by atoms with Crippen molar-refractivity contribution in [3.8, 4) is 0 Å². The monoisotopic (exact) mass is 373 g/mol. The summed E-state index contributed by atoms with van der Waals surface area (Å²) >= 11 is 0. The van der Waals surface area contributed by atoms with E-state index >= 15 is 0 Å². The van der Waals surface area contributed by atoms with Crippen molar-refractivity contribution in [2.75, 3.05) is 13.7 Å². The molecule has 0 N–H and O–H groups in total. The van der Waals surface area contributed by atoms with Crippen LogP contribution in [0.3, 0.4) is 0 Å². The highest BCUT2D eigenvalue weighted by molar-refractivity contribution is 5.98. The molecule has 0 aliphatic heterocycles.